The van der Waals surface area contributed by atoms with Gasteiger partial charge < -0.3 is 14.1 Å². The normalized spacial score (nSPS) is 15.2. The lowest BCUT2D eigenvalue weighted by molar-refractivity contribution is 0.123. The Morgan fingerprint density at radius 1 is 1.24 bits per heavy atom. The summed E-state index contributed by atoms with van der Waals surface area (Å²) in [5.74, 6) is 0. The summed E-state index contributed by atoms with van der Waals surface area (Å²) in [7, 11) is 0. The molecule has 108 valence electrons. The average molecular weight is 284 g/mol. The maximum Gasteiger partial charge on any atom is 0.356 e. The van der Waals surface area contributed by atoms with E-state index in [4.69, 9.17) is 9.15 Å². The van der Waals surface area contributed by atoms with E-state index in [9.17, 15) is 10.1 Å². The molecule has 2 heterocycles. The number of hydrogen-bond donors (Lipinski definition) is 0. The van der Waals surface area contributed by atoms with Crippen molar-refractivity contribution in [2.75, 3.05) is 31.2 Å². The molecule has 3 rings (SSSR count). The number of fused-ring (bicyclic) bond motifs is 1. The van der Waals surface area contributed by atoms with E-state index in [2.05, 4.69) is 0 Å². The van der Waals surface area contributed by atoms with Crippen LogP contribution in [0.5, 0.6) is 0 Å². The van der Waals surface area contributed by atoms with Crippen molar-refractivity contribution in [3.63, 3.8) is 0 Å². The fraction of sp³-hybridized carbons (Fsp3) is 0.375. The van der Waals surface area contributed by atoms with E-state index in [0.717, 1.165) is 16.5 Å². The summed E-state index contributed by atoms with van der Waals surface area (Å²) in [6, 6.07) is 5.88. The second-order valence-electron chi connectivity index (χ2n) is 5.28. The fourth-order valence-corrected chi connectivity index (χ4v) is 2.89. The molecule has 0 aliphatic carbocycles. The molecule has 21 heavy (non-hydrogen) atoms. The van der Waals surface area contributed by atoms with Crippen molar-refractivity contribution >= 4 is 16.7 Å². The van der Waals surface area contributed by atoms with E-state index in [1.54, 1.807) is 0 Å². The van der Waals surface area contributed by atoms with E-state index < -0.39 is 5.63 Å². The third kappa shape index (κ3) is 2.28. The zero-order valence-corrected chi connectivity index (χ0v) is 12.1. The van der Waals surface area contributed by atoms with E-state index in [-0.39, 0.29) is 5.56 Å². The number of morpholine rings is 1. The van der Waals surface area contributed by atoms with Crippen LogP contribution in [0.2, 0.25) is 0 Å². The molecule has 5 nitrogen and oxygen atoms in total. The zero-order valence-electron chi connectivity index (χ0n) is 12.1. The third-order valence-corrected chi connectivity index (χ3v) is 3.76. The lowest BCUT2D eigenvalue weighted by atomic mass is 10.0. The van der Waals surface area contributed by atoms with Gasteiger partial charge in [-0.3, -0.25) is 0 Å². The van der Waals surface area contributed by atoms with E-state index in [1.165, 1.54) is 0 Å². The zero-order chi connectivity index (χ0) is 15.0. The fourth-order valence-electron chi connectivity index (χ4n) is 2.89. The number of aryl methyl sites for hydroxylation is 2. The van der Waals surface area contributed by atoms with Crippen molar-refractivity contribution in [2.24, 2.45) is 0 Å². The van der Waals surface area contributed by atoms with Crippen molar-refractivity contribution < 1.29 is 9.15 Å². The van der Waals surface area contributed by atoms with Crippen LogP contribution in [0.15, 0.2) is 21.3 Å². The van der Waals surface area contributed by atoms with Gasteiger partial charge in [0.2, 0.25) is 0 Å². The number of nitrogens with zero attached hydrogens (tertiary/aromatic N) is 2. The molecule has 0 amide bonds. The number of rotatable bonds is 1. The molecule has 1 saturated heterocycles. The molecular formula is C16H16N2O3. The quantitative estimate of drug-likeness (QED) is 0.750. The van der Waals surface area contributed by atoms with Gasteiger partial charge in [0.25, 0.3) is 0 Å². The Labute approximate surface area is 122 Å². The summed E-state index contributed by atoms with van der Waals surface area (Å²) in [6.45, 7) is 6.45. The molecule has 1 aliphatic rings. The van der Waals surface area contributed by atoms with Gasteiger partial charge in [-0.25, -0.2) is 4.79 Å². The Balaban J connectivity index is 2.38. The first-order valence-electron chi connectivity index (χ1n) is 6.92. The molecule has 0 atom stereocenters. The van der Waals surface area contributed by atoms with Gasteiger partial charge in [0, 0.05) is 18.5 Å². The van der Waals surface area contributed by atoms with Crippen LogP contribution in [0, 0.1) is 25.2 Å². The topological polar surface area (TPSA) is 66.5 Å². The van der Waals surface area contributed by atoms with Gasteiger partial charge in [-0.1, -0.05) is 6.07 Å². The van der Waals surface area contributed by atoms with Crippen molar-refractivity contribution in [1.82, 2.24) is 0 Å². The Morgan fingerprint density at radius 2 is 1.95 bits per heavy atom. The maximum absolute atomic E-state index is 12.1. The van der Waals surface area contributed by atoms with Crippen LogP contribution in [0.1, 0.15) is 16.7 Å². The predicted molar refractivity (Wildman–Crippen MR) is 79.7 cm³/mol. The van der Waals surface area contributed by atoms with Gasteiger partial charge in [-0.15, -0.1) is 0 Å². The minimum Gasteiger partial charge on any atom is -0.422 e. The standard InChI is InChI=1S/C16H16N2O3/c1-10-7-11(2)14-13(8-10)21-16(19)12(9-17)15(14)18-3-5-20-6-4-18/h7-8H,3-6H2,1-2H3. The lowest BCUT2D eigenvalue weighted by Gasteiger charge is -2.30. The molecule has 0 saturated carbocycles. The van der Waals surface area contributed by atoms with Crippen LogP contribution in [0.4, 0.5) is 5.69 Å². The molecule has 0 N–H and O–H groups in total. The highest BCUT2D eigenvalue weighted by atomic mass is 16.5. The minimum absolute atomic E-state index is 0.0800. The summed E-state index contributed by atoms with van der Waals surface area (Å²) in [5, 5.41) is 10.2. The Hall–Kier alpha value is -2.32. The minimum atomic E-state index is -0.573. The molecule has 0 spiro atoms. The van der Waals surface area contributed by atoms with Crippen molar-refractivity contribution in [3.05, 3.63) is 39.2 Å². The van der Waals surface area contributed by atoms with Gasteiger partial charge >= 0.3 is 5.63 Å². The highest BCUT2D eigenvalue weighted by molar-refractivity contribution is 5.96. The molecular weight excluding hydrogens is 268 g/mol. The monoisotopic (exact) mass is 284 g/mol. The van der Waals surface area contributed by atoms with Crippen LogP contribution in [-0.4, -0.2) is 26.3 Å². The highest BCUT2D eigenvalue weighted by Crippen LogP contribution is 2.32. The summed E-state index contributed by atoms with van der Waals surface area (Å²) in [5.41, 5.74) is 2.77. The van der Waals surface area contributed by atoms with E-state index in [1.807, 2.05) is 36.9 Å². The smallest absolute Gasteiger partial charge is 0.356 e. The Morgan fingerprint density at radius 3 is 2.62 bits per heavy atom. The predicted octanol–water partition coefficient (Wildman–Crippen LogP) is 2.12. The molecule has 0 bridgehead atoms. The molecule has 1 aromatic heterocycles. The molecule has 2 aromatic rings. The second-order valence-corrected chi connectivity index (χ2v) is 5.28. The number of hydrogen-bond acceptors (Lipinski definition) is 5. The molecule has 0 unspecified atom stereocenters. The van der Waals surface area contributed by atoms with E-state index >= 15 is 0 Å². The largest absolute Gasteiger partial charge is 0.422 e. The Bertz CT molecular complexity index is 796. The first-order valence-corrected chi connectivity index (χ1v) is 6.92. The van der Waals surface area contributed by atoms with Crippen molar-refractivity contribution in [3.8, 4) is 6.07 Å². The summed E-state index contributed by atoms with van der Waals surface area (Å²) >= 11 is 0. The number of nitriles is 1. The van der Waals surface area contributed by atoms with Crippen LogP contribution in [0.25, 0.3) is 11.0 Å². The SMILES string of the molecule is Cc1cc(C)c2c(N3CCOCC3)c(C#N)c(=O)oc2c1. The van der Waals surface area contributed by atoms with Crippen LogP contribution < -0.4 is 10.5 Å². The average Bonchev–Trinajstić information content (AvgIpc) is 2.46. The van der Waals surface area contributed by atoms with Crippen LogP contribution in [-0.2, 0) is 4.74 Å². The lowest BCUT2D eigenvalue weighted by Crippen LogP contribution is -2.37. The molecule has 0 radical (unpaired) electrons. The summed E-state index contributed by atoms with van der Waals surface area (Å²) in [4.78, 5) is 14.1. The number of benzene rings is 1. The van der Waals surface area contributed by atoms with Crippen LogP contribution >= 0.6 is 0 Å². The Kier molecular flexibility index (Phi) is 3.40. The summed E-state index contributed by atoms with van der Waals surface area (Å²) < 4.78 is 10.7. The highest BCUT2D eigenvalue weighted by Gasteiger charge is 2.23. The maximum atomic E-state index is 12.1. The van der Waals surface area contributed by atoms with E-state index in [0.29, 0.717) is 37.6 Å². The van der Waals surface area contributed by atoms with Gasteiger partial charge in [-0.2, -0.15) is 5.26 Å². The van der Waals surface area contributed by atoms with Gasteiger partial charge in [0.05, 0.1) is 18.9 Å². The summed E-state index contributed by atoms with van der Waals surface area (Å²) in [6.07, 6.45) is 0. The number of anilines is 1. The third-order valence-electron chi connectivity index (χ3n) is 3.76. The molecule has 1 aliphatic heterocycles. The van der Waals surface area contributed by atoms with Gasteiger partial charge in [0.1, 0.15) is 11.7 Å². The molecule has 1 aromatic carbocycles. The first kappa shape index (κ1) is 13.7. The first-order chi connectivity index (χ1) is 10.1. The number of ether oxygens (including phenoxy) is 1. The van der Waals surface area contributed by atoms with Gasteiger partial charge in [-0.05, 0) is 31.0 Å². The molecule has 5 heteroatoms. The van der Waals surface area contributed by atoms with Crippen molar-refractivity contribution in [1.29, 1.82) is 5.26 Å². The second kappa shape index (κ2) is 5.23. The van der Waals surface area contributed by atoms with Crippen molar-refractivity contribution in [2.45, 2.75) is 13.8 Å². The van der Waals surface area contributed by atoms with Crippen LogP contribution in [0.3, 0.4) is 0 Å². The molecule has 1 fully saturated rings. The van der Waals surface area contributed by atoms with Gasteiger partial charge in [0.15, 0.2) is 5.56 Å².